The molecule has 0 N–H and O–H groups in total. The van der Waals surface area contributed by atoms with E-state index in [4.69, 9.17) is 22.1 Å². The van der Waals surface area contributed by atoms with E-state index in [9.17, 15) is 0 Å². The zero-order valence-corrected chi connectivity index (χ0v) is 14.5. The van der Waals surface area contributed by atoms with E-state index in [0.717, 1.165) is 32.1 Å². The van der Waals surface area contributed by atoms with E-state index in [-0.39, 0.29) is 0 Å². The largest absolute Gasteiger partial charge is 0.383 e. The number of thiol groups is 1. The molecule has 0 saturated heterocycles. The second-order valence-corrected chi connectivity index (χ2v) is 6.66. The van der Waals surface area contributed by atoms with Crippen LogP contribution in [0, 0.1) is 5.41 Å². The smallest absolute Gasteiger partial charge is 0.0615 e. The minimum Gasteiger partial charge on any atom is -0.383 e. The van der Waals surface area contributed by atoms with E-state index < -0.39 is 0 Å². The molecule has 4 heteroatoms. The molecule has 0 heterocycles. The Kier molecular flexibility index (Phi) is 9.18. The first-order chi connectivity index (χ1) is 9.67. The predicted octanol–water partition coefficient (Wildman–Crippen LogP) is 3.24. The summed E-state index contributed by atoms with van der Waals surface area (Å²) >= 11 is 4.69. The number of methoxy groups -OCH3 is 2. The molecular formula is C16H33NO2S. The average molecular weight is 304 g/mol. The van der Waals surface area contributed by atoms with Crippen LogP contribution >= 0.6 is 12.6 Å². The van der Waals surface area contributed by atoms with Crippen molar-refractivity contribution < 1.29 is 9.47 Å². The number of nitrogens with zero attached hydrogens (tertiary/aromatic N) is 1. The van der Waals surface area contributed by atoms with Crippen molar-refractivity contribution in [3.05, 3.63) is 0 Å². The molecular weight excluding hydrogens is 270 g/mol. The first-order valence-corrected chi connectivity index (χ1v) is 8.63. The Bertz CT molecular complexity index is 243. The fraction of sp³-hybridized carbons (Fsp3) is 1.00. The molecule has 1 fully saturated rings. The van der Waals surface area contributed by atoms with E-state index in [0.29, 0.717) is 11.5 Å². The van der Waals surface area contributed by atoms with Crippen LogP contribution in [0.3, 0.4) is 0 Å². The summed E-state index contributed by atoms with van der Waals surface area (Å²) in [6, 6.07) is 0.440. The summed E-state index contributed by atoms with van der Waals surface area (Å²) in [4.78, 5) is 2.54. The fourth-order valence-corrected chi connectivity index (χ4v) is 3.70. The molecule has 0 bridgehead atoms. The lowest BCUT2D eigenvalue weighted by Crippen LogP contribution is -2.46. The topological polar surface area (TPSA) is 21.7 Å². The summed E-state index contributed by atoms with van der Waals surface area (Å²) in [5.41, 5.74) is 0.384. The standard InChI is InChI=1S/C16H33NO2S/c1-15(12-19-3)17(10-11-18-2)13-16(14-20)8-6-4-5-7-9-16/h15,20H,4-14H2,1-3H3. The molecule has 1 atom stereocenters. The van der Waals surface area contributed by atoms with Crippen molar-refractivity contribution in [2.45, 2.75) is 51.5 Å². The summed E-state index contributed by atoms with van der Waals surface area (Å²) in [7, 11) is 3.56. The highest BCUT2D eigenvalue weighted by Gasteiger charge is 2.32. The van der Waals surface area contributed by atoms with Gasteiger partial charge in [0.1, 0.15) is 0 Å². The van der Waals surface area contributed by atoms with Gasteiger partial charge in [-0.1, -0.05) is 25.7 Å². The van der Waals surface area contributed by atoms with Crippen molar-refractivity contribution in [1.82, 2.24) is 4.90 Å². The molecule has 3 nitrogen and oxygen atoms in total. The second-order valence-electron chi connectivity index (χ2n) is 6.34. The second kappa shape index (κ2) is 10.0. The normalized spacial score (nSPS) is 20.9. The summed E-state index contributed by atoms with van der Waals surface area (Å²) in [6.45, 7) is 5.94. The van der Waals surface area contributed by atoms with Gasteiger partial charge in [-0.05, 0) is 30.9 Å². The molecule has 0 amide bonds. The van der Waals surface area contributed by atoms with Crippen LogP contribution in [-0.4, -0.2) is 57.2 Å². The van der Waals surface area contributed by atoms with E-state index in [1.165, 1.54) is 38.5 Å². The third-order valence-corrected chi connectivity index (χ3v) is 5.32. The molecule has 0 aromatic rings. The Labute approximate surface area is 130 Å². The van der Waals surface area contributed by atoms with E-state index in [2.05, 4.69) is 11.8 Å². The number of hydrogen-bond donors (Lipinski definition) is 1. The highest BCUT2D eigenvalue weighted by atomic mass is 32.1. The van der Waals surface area contributed by atoms with Gasteiger partial charge >= 0.3 is 0 Å². The van der Waals surface area contributed by atoms with E-state index >= 15 is 0 Å². The van der Waals surface area contributed by atoms with Gasteiger partial charge in [-0.25, -0.2) is 0 Å². The van der Waals surface area contributed by atoms with Crippen LogP contribution < -0.4 is 0 Å². The maximum absolute atomic E-state index is 5.34. The van der Waals surface area contributed by atoms with Gasteiger partial charge in [0, 0.05) is 33.4 Å². The molecule has 1 saturated carbocycles. The fourth-order valence-electron chi connectivity index (χ4n) is 3.29. The quantitative estimate of drug-likeness (QED) is 0.522. The zero-order chi connectivity index (χ0) is 14.8. The van der Waals surface area contributed by atoms with Gasteiger partial charge in [0.25, 0.3) is 0 Å². The molecule has 1 aliphatic carbocycles. The highest BCUT2D eigenvalue weighted by molar-refractivity contribution is 7.80. The van der Waals surface area contributed by atoms with Gasteiger partial charge in [-0.2, -0.15) is 12.6 Å². The third kappa shape index (κ3) is 5.92. The Balaban J connectivity index is 2.67. The van der Waals surface area contributed by atoms with E-state index in [1.807, 2.05) is 0 Å². The Morgan fingerprint density at radius 2 is 1.75 bits per heavy atom. The van der Waals surface area contributed by atoms with Crippen molar-refractivity contribution in [3.8, 4) is 0 Å². The van der Waals surface area contributed by atoms with Crippen LogP contribution in [0.15, 0.2) is 0 Å². The maximum Gasteiger partial charge on any atom is 0.0615 e. The minimum absolute atomic E-state index is 0.384. The molecule has 0 aliphatic heterocycles. The van der Waals surface area contributed by atoms with E-state index in [1.54, 1.807) is 14.2 Å². The van der Waals surface area contributed by atoms with Crippen molar-refractivity contribution >= 4 is 12.6 Å². The average Bonchev–Trinajstić information content (AvgIpc) is 2.70. The molecule has 0 aromatic carbocycles. The maximum atomic E-state index is 5.34. The summed E-state index contributed by atoms with van der Waals surface area (Å²) in [5, 5.41) is 0. The predicted molar refractivity (Wildman–Crippen MR) is 88.8 cm³/mol. The monoisotopic (exact) mass is 303 g/mol. The molecule has 20 heavy (non-hydrogen) atoms. The minimum atomic E-state index is 0.384. The number of hydrogen-bond acceptors (Lipinski definition) is 4. The van der Waals surface area contributed by atoms with Crippen LogP contribution in [-0.2, 0) is 9.47 Å². The van der Waals surface area contributed by atoms with Gasteiger partial charge in [-0.3, -0.25) is 4.90 Å². The molecule has 0 spiro atoms. The van der Waals surface area contributed by atoms with Gasteiger partial charge in [0.05, 0.1) is 13.2 Å². The third-order valence-electron chi connectivity index (χ3n) is 4.65. The molecule has 1 rings (SSSR count). The van der Waals surface area contributed by atoms with Gasteiger partial charge in [0.15, 0.2) is 0 Å². The van der Waals surface area contributed by atoms with Crippen LogP contribution in [0.5, 0.6) is 0 Å². The molecule has 0 aromatic heterocycles. The molecule has 0 radical (unpaired) electrons. The van der Waals surface area contributed by atoms with Crippen LogP contribution in [0.25, 0.3) is 0 Å². The van der Waals surface area contributed by atoms with Crippen LogP contribution in [0.2, 0.25) is 0 Å². The van der Waals surface area contributed by atoms with Gasteiger partial charge < -0.3 is 9.47 Å². The summed E-state index contributed by atoms with van der Waals surface area (Å²) < 4.78 is 10.6. The van der Waals surface area contributed by atoms with Gasteiger partial charge in [0.2, 0.25) is 0 Å². The summed E-state index contributed by atoms with van der Waals surface area (Å²) in [6.07, 6.45) is 8.14. The molecule has 1 aliphatic rings. The van der Waals surface area contributed by atoms with Crippen LogP contribution in [0.1, 0.15) is 45.4 Å². The Hall–Kier alpha value is 0.230. The lowest BCUT2D eigenvalue weighted by Gasteiger charge is -2.39. The lowest BCUT2D eigenvalue weighted by atomic mass is 9.81. The number of rotatable bonds is 9. The Morgan fingerprint density at radius 1 is 1.10 bits per heavy atom. The SMILES string of the molecule is COCCN(CC1(CS)CCCCCC1)C(C)COC. The van der Waals surface area contributed by atoms with Crippen molar-refractivity contribution in [1.29, 1.82) is 0 Å². The molecule has 1 unspecified atom stereocenters. The Morgan fingerprint density at radius 3 is 2.25 bits per heavy atom. The first-order valence-electron chi connectivity index (χ1n) is 8.00. The van der Waals surface area contributed by atoms with Crippen molar-refractivity contribution in [2.75, 3.05) is 46.3 Å². The highest BCUT2D eigenvalue weighted by Crippen LogP contribution is 2.37. The number of ether oxygens (including phenoxy) is 2. The summed E-state index contributed by atoms with van der Waals surface area (Å²) in [5.74, 6) is 0.996. The zero-order valence-electron chi connectivity index (χ0n) is 13.6. The van der Waals surface area contributed by atoms with Crippen LogP contribution in [0.4, 0.5) is 0 Å². The lowest BCUT2D eigenvalue weighted by molar-refractivity contribution is 0.0443. The van der Waals surface area contributed by atoms with Crippen molar-refractivity contribution in [3.63, 3.8) is 0 Å². The first kappa shape index (κ1) is 18.3. The molecule has 120 valence electrons. The van der Waals surface area contributed by atoms with Crippen molar-refractivity contribution in [2.24, 2.45) is 5.41 Å². The van der Waals surface area contributed by atoms with Gasteiger partial charge in [-0.15, -0.1) is 0 Å².